The van der Waals surface area contributed by atoms with Gasteiger partial charge in [-0.1, -0.05) is 23.7 Å². The van der Waals surface area contributed by atoms with Gasteiger partial charge in [-0.05, 0) is 43.2 Å². The summed E-state index contributed by atoms with van der Waals surface area (Å²) in [4.78, 5) is 15.4. The Morgan fingerprint density at radius 3 is 2.81 bits per heavy atom. The highest BCUT2D eigenvalue weighted by molar-refractivity contribution is 14.0. The maximum absolute atomic E-state index is 6.30. The lowest BCUT2D eigenvalue weighted by atomic mass is 10.2. The van der Waals surface area contributed by atoms with Gasteiger partial charge in [0.15, 0.2) is 5.96 Å². The molecule has 8 nitrogen and oxygen atoms in total. The zero-order valence-electron chi connectivity index (χ0n) is 17.3. The second kappa shape index (κ2) is 11.3. The van der Waals surface area contributed by atoms with Gasteiger partial charge in [0.2, 0.25) is 0 Å². The molecule has 1 atom stereocenters. The SMILES string of the molecule is CCNC(=NCc1ccc(-n2cncn2)cc1)NC1CCN(c2ncccc2Cl)C1.I. The van der Waals surface area contributed by atoms with E-state index < -0.39 is 0 Å². The molecule has 1 aliphatic rings. The van der Waals surface area contributed by atoms with E-state index in [1.165, 1.54) is 6.33 Å². The lowest BCUT2D eigenvalue weighted by Gasteiger charge is -2.20. The Balaban J connectivity index is 0.00000272. The molecule has 1 aromatic carbocycles. The Labute approximate surface area is 204 Å². The number of anilines is 1. The lowest BCUT2D eigenvalue weighted by Crippen LogP contribution is -2.44. The van der Waals surface area contributed by atoms with E-state index in [9.17, 15) is 0 Å². The highest BCUT2D eigenvalue weighted by Crippen LogP contribution is 2.25. The first-order valence-corrected chi connectivity index (χ1v) is 10.4. The molecule has 31 heavy (non-hydrogen) atoms. The second-order valence-corrected chi connectivity index (χ2v) is 7.49. The Morgan fingerprint density at radius 2 is 2.10 bits per heavy atom. The highest BCUT2D eigenvalue weighted by atomic mass is 127. The largest absolute Gasteiger partial charge is 0.357 e. The lowest BCUT2D eigenvalue weighted by molar-refractivity contribution is 0.649. The predicted octanol–water partition coefficient (Wildman–Crippen LogP) is 3.27. The number of hydrogen-bond acceptors (Lipinski definition) is 5. The molecule has 164 valence electrons. The van der Waals surface area contributed by atoms with Crippen molar-refractivity contribution < 1.29 is 0 Å². The Morgan fingerprint density at radius 1 is 1.26 bits per heavy atom. The molecule has 1 aliphatic heterocycles. The van der Waals surface area contributed by atoms with E-state index in [0.29, 0.717) is 11.6 Å². The average Bonchev–Trinajstić information content (AvgIpc) is 3.45. The van der Waals surface area contributed by atoms with E-state index in [4.69, 9.17) is 16.6 Å². The van der Waals surface area contributed by atoms with Gasteiger partial charge in [0.1, 0.15) is 18.5 Å². The van der Waals surface area contributed by atoms with Crippen LogP contribution in [0.5, 0.6) is 0 Å². The number of guanidine groups is 1. The zero-order chi connectivity index (χ0) is 20.8. The third-order valence-electron chi connectivity index (χ3n) is 4.95. The second-order valence-electron chi connectivity index (χ2n) is 7.09. The van der Waals surface area contributed by atoms with Gasteiger partial charge in [-0.15, -0.1) is 24.0 Å². The summed E-state index contributed by atoms with van der Waals surface area (Å²) >= 11 is 6.30. The van der Waals surface area contributed by atoms with E-state index in [1.807, 2.05) is 24.3 Å². The minimum atomic E-state index is 0. The molecule has 2 aromatic heterocycles. The molecule has 0 amide bonds. The summed E-state index contributed by atoms with van der Waals surface area (Å²) in [6.07, 6.45) is 5.99. The van der Waals surface area contributed by atoms with Gasteiger partial charge in [-0.2, -0.15) is 5.10 Å². The van der Waals surface area contributed by atoms with Gasteiger partial charge in [-0.25, -0.2) is 19.6 Å². The fourth-order valence-corrected chi connectivity index (χ4v) is 3.70. The smallest absolute Gasteiger partial charge is 0.191 e. The molecule has 3 heterocycles. The van der Waals surface area contributed by atoms with Gasteiger partial charge in [0.25, 0.3) is 0 Å². The van der Waals surface area contributed by atoms with Gasteiger partial charge in [0.05, 0.1) is 17.3 Å². The van der Waals surface area contributed by atoms with Crippen molar-refractivity contribution in [2.45, 2.75) is 25.9 Å². The van der Waals surface area contributed by atoms with E-state index in [2.05, 4.69) is 49.7 Å². The number of nitrogens with zero attached hydrogens (tertiary/aromatic N) is 6. The Hall–Kier alpha value is -2.40. The van der Waals surface area contributed by atoms with E-state index >= 15 is 0 Å². The standard InChI is InChI=1S/C21H25ClN8.HI/c1-2-24-21(26-12-16-5-7-18(8-6-16)30-15-23-14-27-30)28-17-9-11-29(13-17)20-19(22)4-3-10-25-20;/h3-8,10,14-15,17H,2,9,11-13H2,1H3,(H2,24,26,28);1H. The molecule has 0 spiro atoms. The Bertz CT molecular complexity index is 977. The van der Waals surface area contributed by atoms with Crippen LogP contribution in [0, 0.1) is 0 Å². The van der Waals surface area contributed by atoms with Crippen molar-refractivity contribution in [2.24, 2.45) is 4.99 Å². The number of halogens is 2. The molecule has 0 aliphatic carbocycles. The number of rotatable bonds is 6. The molecular weight excluding hydrogens is 527 g/mol. The molecule has 10 heteroatoms. The summed E-state index contributed by atoms with van der Waals surface area (Å²) in [5.74, 6) is 1.66. The van der Waals surface area contributed by atoms with Crippen LogP contribution in [0.15, 0.2) is 60.2 Å². The first-order chi connectivity index (χ1) is 14.7. The van der Waals surface area contributed by atoms with Gasteiger partial charge >= 0.3 is 0 Å². The van der Waals surface area contributed by atoms with Crippen molar-refractivity contribution in [3.63, 3.8) is 0 Å². The van der Waals surface area contributed by atoms with Crippen molar-refractivity contribution in [3.05, 3.63) is 65.8 Å². The topological polar surface area (TPSA) is 83.3 Å². The quantitative estimate of drug-likeness (QED) is 0.278. The van der Waals surface area contributed by atoms with Crippen LogP contribution in [0.2, 0.25) is 5.02 Å². The molecule has 0 radical (unpaired) electrons. The molecule has 3 aromatic rings. The van der Waals surface area contributed by atoms with E-state index in [1.54, 1.807) is 17.2 Å². The van der Waals surface area contributed by atoms with Crippen LogP contribution in [0.3, 0.4) is 0 Å². The number of nitrogens with one attached hydrogen (secondary N) is 2. The zero-order valence-corrected chi connectivity index (χ0v) is 20.4. The minimum Gasteiger partial charge on any atom is -0.357 e. The summed E-state index contributed by atoms with van der Waals surface area (Å²) in [5, 5.41) is 11.7. The maximum atomic E-state index is 6.30. The molecule has 1 fully saturated rings. The predicted molar refractivity (Wildman–Crippen MR) is 135 cm³/mol. The number of benzene rings is 1. The fraction of sp³-hybridized carbons (Fsp3) is 0.333. The van der Waals surface area contributed by atoms with Crippen molar-refractivity contribution >= 4 is 47.4 Å². The molecule has 4 rings (SSSR count). The third-order valence-corrected chi connectivity index (χ3v) is 5.25. The maximum Gasteiger partial charge on any atom is 0.191 e. The molecule has 2 N–H and O–H groups in total. The van der Waals surface area contributed by atoms with Gasteiger partial charge in [0, 0.05) is 31.9 Å². The summed E-state index contributed by atoms with van der Waals surface area (Å²) in [6, 6.07) is 12.2. The van der Waals surface area contributed by atoms with Crippen LogP contribution in [0.25, 0.3) is 5.69 Å². The fourth-order valence-electron chi connectivity index (χ4n) is 3.46. The number of hydrogen-bond donors (Lipinski definition) is 2. The van der Waals surface area contributed by atoms with Crippen LogP contribution in [0.4, 0.5) is 5.82 Å². The summed E-state index contributed by atoms with van der Waals surface area (Å²) in [5.41, 5.74) is 2.11. The summed E-state index contributed by atoms with van der Waals surface area (Å²) in [6.45, 7) is 5.22. The van der Waals surface area contributed by atoms with Gasteiger partial charge < -0.3 is 15.5 Å². The minimum absolute atomic E-state index is 0. The van der Waals surface area contributed by atoms with Crippen LogP contribution < -0.4 is 15.5 Å². The number of aliphatic imine (C=N–C) groups is 1. The molecular formula is C21H26ClIN8. The van der Waals surface area contributed by atoms with Crippen molar-refractivity contribution in [1.29, 1.82) is 0 Å². The number of aromatic nitrogens is 4. The average molecular weight is 553 g/mol. The van der Waals surface area contributed by atoms with Crippen LogP contribution in [0.1, 0.15) is 18.9 Å². The van der Waals surface area contributed by atoms with Gasteiger partial charge in [-0.3, -0.25) is 0 Å². The van der Waals surface area contributed by atoms with E-state index in [0.717, 1.165) is 49.1 Å². The monoisotopic (exact) mass is 552 g/mol. The van der Waals surface area contributed by atoms with Crippen molar-refractivity contribution in [3.8, 4) is 5.69 Å². The van der Waals surface area contributed by atoms with Crippen molar-refractivity contribution in [1.82, 2.24) is 30.4 Å². The van der Waals surface area contributed by atoms with Crippen LogP contribution in [-0.2, 0) is 6.54 Å². The normalized spacial score (nSPS) is 16.1. The first-order valence-electron chi connectivity index (χ1n) is 10.1. The Kier molecular flexibility index (Phi) is 8.47. The molecule has 0 saturated carbocycles. The summed E-state index contributed by atoms with van der Waals surface area (Å²) in [7, 11) is 0. The molecule has 1 saturated heterocycles. The third kappa shape index (κ3) is 6.07. The van der Waals surface area contributed by atoms with E-state index in [-0.39, 0.29) is 30.0 Å². The molecule has 0 bridgehead atoms. The van der Waals surface area contributed by atoms with Crippen LogP contribution in [-0.4, -0.2) is 51.4 Å². The molecule has 1 unspecified atom stereocenters. The first kappa shape index (κ1) is 23.3. The highest BCUT2D eigenvalue weighted by Gasteiger charge is 2.25. The number of pyridine rings is 1. The van der Waals surface area contributed by atoms with Crippen molar-refractivity contribution in [2.75, 3.05) is 24.5 Å². The summed E-state index contributed by atoms with van der Waals surface area (Å²) < 4.78 is 1.73. The van der Waals surface area contributed by atoms with Crippen LogP contribution >= 0.6 is 35.6 Å².